The Morgan fingerprint density at radius 3 is 2.97 bits per heavy atom. The minimum atomic E-state index is -0.0278. The topological polar surface area (TPSA) is 80.5 Å². The van der Waals surface area contributed by atoms with Crippen LogP contribution < -0.4 is 15.0 Å². The Balaban J connectivity index is 1.27. The number of hydrogen-bond acceptors (Lipinski definition) is 7. The lowest BCUT2D eigenvalue weighted by Gasteiger charge is -2.32. The molecule has 1 aromatic carbocycles. The molecule has 1 amide bonds. The number of ether oxygens (including phenoxy) is 1. The Morgan fingerprint density at radius 1 is 1.25 bits per heavy atom. The van der Waals surface area contributed by atoms with Crippen LogP contribution in [0.25, 0.3) is 0 Å². The number of amides is 1. The summed E-state index contributed by atoms with van der Waals surface area (Å²) >= 11 is 1.55. The van der Waals surface area contributed by atoms with Gasteiger partial charge in [-0.25, -0.2) is 0 Å². The van der Waals surface area contributed by atoms with Gasteiger partial charge < -0.3 is 19.4 Å². The maximum atomic E-state index is 12.6. The number of piperidine rings is 1. The van der Waals surface area contributed by atoms with Gasteiger partial charge in [0.15, 0.2) is 5.82 Å². The number of methoxy groups -OCH3 is 1. The van der Waals surface area contributed by atoms with Crippen LogP contribution in [0.1, 0.15) is 25.0 Å². The normalized spacial score (nSPS) is 16.0. The highest BCUT2D eigenvalue weighted by atomic mass is 32.2. The van der Waals surface area contributed by atoms with Crippen LogP contribution in [0.15, 0.2) is 69.1 Å². The van der Waals surface area contributed by atoms with E-state index in [2.05, 4.69) is 20.4 Å². The highest BCUT2D eigenvalue weighted by molar-refractivity contribution is 7.99. The van der Waals surface area contributed by atoms with Crippen molar-refractivity contribution in [2.24, 2.45) is 5.92 Å². The summed E-state index contributed by atoms with van der Waals surface area (Å²) in [4.78, 5) is 15.8. The number of hydrogen-bond donors (Lipinski definition) is 1. The molecule has 1 atom stereocenters. The maximum Gasteiger partial charge on any atom is 0.224 e. The second-order valence-corrected chi connectivity index (χ2v) is 8.86. The third-order valence-electron chi connectivity index (χ3n) is 5.49. The van der Waals surface area contributed by atoms with E-state index in [9.17, 15) is 4.79 Å². The molecule has 0 unspecified atom stereocenters. The van der Waals surface area contributed by atoms with Gasteiger partial charge in [0.25, 0.3) is 0 Å². The number of aromatic nitrogens is 2. The van der Waals surface area contributed by atoms with E-state index in [1.165, 1.54) is 0 Å². The summed E-state index contributed by atoms with van der Waals surface area (Å²) < 4.78 is 10.6. The van der Waals surface area contributed by atoms with Gasteiger partial charge in [-0.1, -0.05) is 17.8 Å². The Hall–Kier alpha value is -3.00. The van der Waals surface area contributed by atoms with E-state index < -0.39 is 0 Å². The molecular weight excluding hydrogens is 424 g/mol. The quantitative estimate of drug-likeness (QED) is 0.488. The number of nitrogens with zero attached hydrogens (tertiary/aromatic N) is 3. The average Bonchev–Trinajstić information content (AvgIpc) is 3.36. The van der Waals surface area contributed by atoms with Crippen LogP contribution >= 0.6 is 11.8 Å². The first kappa shape index (κ1) is 22.2. The van der Waals surface area contributed by atoms with Gasteiger partial charge in [0.2, 0.25) is 5.91 Å². The molecule has 1 aliphatic heterocycles. The smallest absolute Gasteiger partial charge is 0.224 e. The van der Waals surface area contributed by atoms with E-state index in [1.807, 2.05) is 48.5 Å². The Morgan fingerprint density at radius 2 is 2.19 bits per heavy atom. The van der Waals surface area contributed by atoms with Crippen LogP contribution in [0.2, 0.25) is 0 Å². The minimum Gasteiger partial charge on any atom is -0.497 e. The molecular formula is C24H28N4O3S. The summed E-state index contributed by atoms with van der Waals surface area (Å²) in [6.45, 7) is 2.21. The SMILES string of the molecule is COc1cccc(Sc2ccc(N3CCC[C@@H](C(=O)NCCCc4ccco4)C3)nn2)c1. The summed E-state index contributed by atoms with van der Waals surface area (Å²) in [6, 6.07) is 15.7. The number of carbonyl (C=O) groups is 1. The Bertz CT molecular complexity index is 995. The first-order chi connectivity index (χ1) is 15.7. The van der Waals surface area contributed by atoms with Crippen LogP contribution in [-0.2, 0) is 11.2 Å². The third-order valence-corrected chi connectivity index (χ3v) is 6.40. The van der Waals surface area contributed by atoms with Gasteiger partial charge in [0.05, 0.1) is 19.3 Å². The van der Waals surface area contributed by atoms with Crippen molar-refractivity contribution in [3.63, 3.8) is 0 Å². The zero-order valence-electron chi connectivity index (χ0n) is 18.2. The first-order valence-corrected chi connectivity index (χ1v) is 11.7. The second kappa shape index (κ2) is 11.0. The molecule has 3 aromatic rings. The molecule has 7 nitrogen and oxygen atoms in total. The van der Waals surface area contributed by atoms with Crippen LogP contribution in [0.3, 0.4) is 0 Å². The Labute approximate surface area is 192 Å². The number of benzene rings is 1. The zero-order chi connectivity index (χ0) is 22.2. The van der Waals surface area contributed by atoms with Gasteiger partial charge >= 0.3 is 0 Å². The van der Waals surface area contributed by atoms with Crippen molar-refractivity contribution in [1.29, 1.82) is 0 Å². The van der Waals surface area contributed by atoms with Gasteiger partial charge in [-0.2, -0.15) is 0 Å². The fourth-order valence-corrected chi connectivity index (χ4v) is 4.58. The van der Waals surface area contributed by atoms with Crippen molar-refractivity contribution in [3.05, 3.63) is 60.6 Å². The van der Waals surface area contributed by atoms with E-state index >= 15 is 0 Å². The average molecular weight is 453 g/mol. The molecule has 0 spiro atoms. The molecule has 3 heterocycles. The molecule has 8 heteroatoms. The van der Waals surface area contributed by atoms with E-state index in [0.29, 0.717) is 13.1 Å². The van der Waals surface area contributed by atoms with Crippen LogP contribution in [0.5, 0.6) is 5.75 Å². The minimum absolute atomic E-state index is 0.0278. The van der Waals surface area contributed by atoms with Crippen molar-refractivity contribution in [3.8, 4) is 5.75 Å². The summed E-state index contributed by atoms with van der Waals surface area (Å²) in [5.41, 5.74) is 0. The van der Waals surface area contributed by atoms with Crippen molar-refractivity contribution in [2.45, 2.75) is 35.6 Å². The predicted molar refractivity (Wildman–Crippen MR) is 124 cm³/mol. The summed E-state index contributed by atoms with van der Waals surface area (Å²) in [6.07, 6.45) is 5.25. The molecule has 4 rings (SSSR count). The maximum absolute atomic E-state index is 12.6. The molecule has 1 fully saturated rings. The van der Waals surface area contributed by atoms with Gasteiger partial charge in [-0.15, -0.1) is 10.2 Å². The number of rotatable bonds is 9. The van der Waals surface area contributed by atoms with E-state index in [1.54, 1.807) is 25.1 Å². The molecule has 1 aliphatic rings. The molecule has 0 aliphatic carbocycles. The van der Waals surface area contributed by atoms with E-state index in [4.69, 9.17) is 9.15 Å². The highest BCUT2D eigenvalue weighted by Crippen LogP contribution is 2.29. The van der Waals surface area contributed by atoms with Crippen LogP contribution in [0.4, 0.5) is 5.82 Å². The molecule has 32 heavy (non-hydrogen) atoms. The molecule has 2 aromatic heterocycles. The van der Waals surface area contributed by atoms with Gasteiger partial charge in [-0.3, -0.25) is 4.79 Å². The number of nitrogens with one attached hydrogen (secondary N) is 1. The van der Waals surface area contributed by atoms with Crippen molar-refractivity contribution in [2.75, 3.05) is 31.6 Å². The number of aryl methyl sites for hydroxylation is 1. The number of carbonyl (C=O) groups excluding carboxylic acids is 1. The van der Waals surface area contributed by atoms with Crippen LogP contribution in [0, 0.1) is 5.92 Å². The highest BCUT2D eigenvalue weighted by Gasteiger charge is 2.26. The fraction of sp³-hybridized carbons (Fsp3) is 0.375. The summed E-state index contributed by atoms with van der Waals surface area (Å²) in [5, 5.41) is 12.7. The van der Waals surface area contributed by atoms with Crippen molar-refractivity contribution >= 4 is 23.5 Å². The molecule has 0 bridgehead atoms. The monoisotopic (exact) mass is 452 g/mol. The lowest BCUT2D eigenvalue weighted by molar-refractivity contribution is -0.125. The van der Waals surface area contributed by atoms with Gasteiger partial charge in [0, 0.05) is 31.0 Å². The largest absolute Gasteiger partial charge is 0.497 e. The zero-order valence-corrected chi connectivity index (χ0v) is 19.0. The lowest BCUT2D eigenvalue weighted by Crippen LogP contribution is -2.43. The van der Waals surface area contributed by atoms with E-state index in [0.717, 1.165) is 59.5 Å². The number of anilines is 1. The Kier molecular flexibility index (Phi) is 7.66. The van der Waals surface area contributed by atoms with E-state index in [-0.39, 0.29) is 11.8 Å². The fourth-order valence-electron chi connectivity index (χ4n) is 3.79. The molecule has 168 valence electrons. The van der Waals surface area contributed by atoms with Crippen LogP contribution in [-0.4, -0.2) is 42.8 Å². The second-order valence-electron chi connectivity index (χ2n) is 7.77. The molecule has 0 radical (unpaired) electrons. The van der Waals surface area contributed by atoms with Crippen molar-refractivity contribution in [1.82, 2.24) is 15.5 Å². The number of furan rings is 1. The molecule has 1 N–H and O–H groups in total. The summed E-state index contributed by atoms with van der Waals surface area (Å²) in [5.74, 6) is 2.68. The predicted octanol–water partition coefficient (Wildman–Crippen LogP) is 4.19. The lowest BCUT2D eigenvalue weighted by atomic mass is 9.97. The molecule has 0 saturated carbocycles. The third kappa shape index (κ3) is 6.03. The molecule has 1 saturated heterocycles. The van der Waals surface area contributed by atoms with Crippen molar-refractivity contribution < 1.29 is 13.9 Å². The summed E-state index contributed by atoms with van der Waals surface area (Å²) in [7, 11) is 1.66. The first-order valence-electron chi connectivity index (χ1n) is 10.9. The standard InChI is InChI=1S/C24H28N4O3S/c1-30-20-7-2-10-21(16-20)32-23-12-11-22(26-27-23)28-14-4-6-18(17-28)24(29)25-13-3-8-19-9-5-15-31-19/h2,5,7,9-12,15-16,18H,3-4,6,8,13-14,17H2,1H3,(H,25,29)/t18-/m1/s1. The van der Waals surface area contributed by atoms with Gasteiger partial charge in [0.1, 0.15) is 16.5 Å². The van der Waals surface area contributed by atoms with Gasteiger partial charge in [-0.05, 0) is 61.7 Å².